The van der Waals surface area contributed by atoms with Crippen LogP contribution in [0, 0.1) is 0 Å². The molecule has 5 nitrogen and oxygen atoms in total. The summed E-state index contributed by atoms with van der Waals surface area (Å²) in [5.74, 6) is 0. The lowest BCUT2D eigenvalue weighted by Gasteiger charge is -2.04. The van der Waals surface area contributed by atoms with Crippen LogP contribution in [0.5, 0.6) is 0 Å². The lowest BCUT2D eigenvalue weighted by molar-refractivity contribution is 0.159. The van der Waals surface area contributed by atoms with E-state index < -0.39 is 15.6 Å². The van der Waals surface area contributed by atoms with Crippen molar-refractivity contribution in [1.82, 2.24) is 5.32 Å². The van der Waals surface area contributed by atoms with Crippen molar-refractivity contribution >= 4 is 10.0 Å². The molecule has 0 amide bonds. The van der Waals surface area contributed by atoms with Crippen LogP contribution in [0.3, 0.4) is 0 Å². The van der Waals surface area contributed by atoms with Gasteiger partial charge in [0.1, 0.15) is 0 Å². The standard InChI is InChI=1S/C3H8N2O3S/c4-9(6,7)3-5-1-2-8-3/h3,5H,1-2H2,(H2,4,6,7). The zero-order chi connectivity index (χ0) is 6.91. The minimum atomic E-state index is -3.54. The molecule has 0 radical (unpaired) electrons. The van der Waals surface area contributed by atoms with Gasteiger partial charge in [-0.25, -0.2) is 13.6 Å². The third kappa shape index (κ3) is 1.62. The number of hydrogen-bond acceptors (Lipinski definition) is 4. The van der Waals surface area contributed by atoms with Crippen molar-refractivity contribution in [3.8, 4) is 0 Å². The first-order valence-corrected chi connectivity index (χ1v) is 4.08. The molecule has 0 saturated carbocycles. The predicted octanol–water partition coefficient (Wildman–Crippen LogP) is -1.82. The fourth-order valence-electron chi connectivity index (χ4n) is 0.613. The summed E-state index contributed by atoms with van der Waals surface area (Å²) in [6.45, 7) is 0.947. The summed E-state index contributed by atoms with van der Waals surface area (Å²) in [6.07, 6.45) is 0. The second-order valence-electron chi connectivity index (χ2n) is 1.75. The minimum Gasteiger partial charge on any atom is -0.347 e. The van der Waals surface area contributed by atoms with Crippen LogP contribution < -0.4 is 10.5 Å². The van der Waals surface area contributed by atoms with Gasteiger partial charge in [-0.15, -0.1) is 0 Å². The summed E-state index contributed by atoms with van der Waals surface area (Å²) in [5, 5.41) is 7.29. The van der Waals surface area contributed by atoms with Gasteiger partial charge in [0, 0.05) is 6.54 Å². The van der Waals surface area contributed by atoms with Gasteiger partial charge in [-0.2, -0.15) is 0 Å². The molecule has 9 heavy (non-hydrogen) atoms. The Morgan fingerprint density at radius 2 is 2.33 bits per heavy atom. The first-order valence-electron chi connectivity index (χ1n) is 2.47. The van der Waals surface area contributed by atoms with Crippen molar-refractivity contribution in [3.05, 3.63) is 0 Å². The molecular formula is C3H8N2O3S. The molecule has 3 N–H and O–H groups in total. The Morgan fingerprint density at radius 1 is 1.67 bits per heavy atom. The Kier molecular flexibility index (Phi) is 1.71. The topological polar surface area (TPSA) is 81.4 Å². The Balaban J connectivity index is 2.63. The molecule has 0 aromatic rings. The second-order valence-corrected chi connectivity index (χ2v) is 3.35. The third-order valence-corrected chi connectivity index (χ3v) is 1.88. The van der Waals surface area contributed by atoms with E-state index in [1.165, 1.54) is 0 Å². The molecule has 1 fully saturated rings. The van der Waals surface area contributed by atoms with E-state index in [4.69, 9.17) is 9.88 Å². The highest BCUT2D eigenvalue weighted by molar-refractivity contribution is 7.89. The van der Waals surface area contributed by atoms with Gasteiger partial charge in [0.15, 0.2) is 0 Å². The van der Waals surface area contributed by atoms with Crippen molar-refractivity contribution in [3.63, 3.8) is 0 Å². The second kappa shape index (κ2) is 2.22. The lowest BCUT2D eigenvalue weighted by atomic mass is 10.7. The summed E-state index contributed by atoms with van der Waals surface area (Å²) in [5.41, 5.74) is -0.988. The number of nitrogens with two attached hydrogens (primary N) is 1. The molecule has 1 unspecified atom stereocenters. The SMILES string of the molecule is NS(=O)(=O)C1NCCO1. The van der Waals surface area contributed by atoms with Crippen molar-refractivity contribution in [1.29, 1.82) is 0 Å². The van der Waals surface area contributed by atoms with Crippen molar-refractivity contribution in [2.45, 2.75) is 5.56 Å². The van der Waals surface area contributed by atoms with Gasteiger partial charge in [-0.1, -0.05) is 0 Å². The van der Waals surface area contributed by atoms with Gasteiger partial charge in [0.2, 0.25) is 5.56 Å². The molecule has 0 aliphatic carbocycles. The molecule has 1 aliphatic rings. The summed E-state index contributed by atoms with van der Waals surface area (Å²) >= 11 is 0. The molecule has 1 saturated heterocycles. The molecular weight excluding hydrogens is 144 g/mol. The highest BCUT2D eigenvalue weighted by atomic mass is 32.2. The number of rotatable bonds is 1. The maximum absolute atomic E-state index is 10.4. The van der Waals surface area contributed by atoms with E-state index in [0.717, 1.165) is 0 Å². The van der Waals surface area contributed by atoms with Crippen LogP contribution in [-0.2, 0) is 14.8 Å². The first kappa shape index (κ1) is 6.94. The van der Waals surface area contributed by atoms with E-state index in [2.05, 4.69) is 5.32 Å². The highest BCUT2D eigenvalue weighted by Crippen LogP contribution is 1.98. The zero-order valence-electron chi connectivity index (χ0n) is 4.70. The number of ether oxygens (including phenoxy) is 1. The molecule has 1 rings (SSSR count). The van der Waals surface area contributed by atoms with E-state index in [1.807, 2.05) is 0 Å². The third-order valence-electron chi connectivity index (χ3n) is 0.981. The lowest BCUT2D eigenvalue weighted by Crippen LogP contribution is -2.36. The van der Waals surface area contributed by atoms with E-state index in [9.17, 15) is 8.42 Å². The molecule has 0 aromatic heterocycles. The number of hydrogen-bond donors (Lipinski definition) is 2. The smallest absolute Gasteiger partial charge is 0.250 e. The van der Waals surface area contributed by atoms with Gasteiger partial charge >= 0.3 is 0 Å². The molecule has 1 heterocycles. The normalized spacial score (nSPS) is 28.8. The van der Waals surface area contributed by atoms with E-state index in [0.29, 0.717) is 13.2 Å². The average Bonchev–Trinajstić information content (AvgIpc) is 2.08. The van der Waals surface area contributed by atoms with Gasteiger partial charge < -0.3 is 4.74 Å². The number of nitrogens with one attached hydrogen (secondary N) is 1. The molecule has 0 aromatic carbocycles. The maximum Gasteiger partial charge on any atom is 0.250 e. The number of sulfonamides is 1. The molecule has 0 bridgehead atoms. The van der Waals surface area contributed by atoms with Gasteiger partial charge in [-0.05, 0) is 0 Å². The number of primary sulfonamides is 1. The Labute approximate surface area is 53.2 Å². The van der Waals surface area contributed by atoms with E-state index in [1.54, 1.807) is 0 Å². The van der Waals surface area contributed by atoms with E-state index >= 15 is 0 Å². The van der Waals surface area contributed by atoms with Crippen molar-refractivity contribution in [2.24, 2.45) is 5.14 Å². The van der Waals surface area contributed by atoms with Crippen LogP contribution in [-0.4, -0.2) is 27.1 Å². The minimum absolute atomic E-state index is 0.404. The van der Waals surface area contributed by atoms with Crippen LogP contribution >= 0.6 is 0 Å². The Hall–Kier alpha value is -0.170. The predicted molar refractivity (Wildman–Crippen MR) is 30.8 cm³/mol. The van der Waals surface area contributed by atoms with Crippen molar-refractivity contribution < 1.29 is 13.2 Å². The Morgan fingerprint density at radius 3 is 2.56 bits per heavy atom. The summed E-state index contributed by atoms with van der Waals surface area (Å²) < 4.78 is 25.5. The fraction of sp³-hybridized carbons (Fsp3) is 1.00. The monoisotopic (exact) mass is 152 g/mol. The molecule has 1 aliphatic heterocycles. The van der Waals surface area contributed by atoms with Crippen LogP contribution in [0.25, 0.3) is 0 Å². The van der Waals surface area contributed by atoms with Gasteiger partial charge in [-0.3, -0.25) is 5.32 Å². The van der Waals surface area contributed by atoms with E-state index in [-0.39, 0.29) is 0 Å². The Bertz CT molecular complexity index is 181. The van der Waals surface area contributed by atoms with Crippen LogP contribution in [0.2, 0.25) is 0 Å². The fourth-order valence-corrected chi connectivity index (χ4v) is 1.25. The highest BCUT2D eigenvalue weighted by Gasteiger charge is 2.24. The molecule has 0 spiro atoms. The van der Waals surface area contributed by atoms with Gasteiger partial charge in [0.05, 0.1) is 6.61 Å². The zero-order valence-corrected chi connectivity index (χ0v) is 5.52. The van der Waals surface area contributed by atoms with Crippen LogP contribution in [0.1, 0.15) is 0 Å². The van der Waals surface area contributed by atoms with Gasteiger partial charge in [0.25, 0.3) is 10.0 Å². The van der Waals surface area contributed by atoms with Crippen LogP contribution in [0.4, 0.5) is 0 Å². The first-order chi connectivity index (χ1) is 4.11. The summed E-state index contributed by atoms with van der Waals surface area (Å²) in [7, 11) is -3.54. The van der Waals surface area contributed by atoms with Crippen LogP contribution in [0.15, 0.2) is 0 Å². The molecule has 1 atom stereocenters. The largest absolute Gasteiger partial charge is 0.347 e. The summed E-state index contributed by atoms with van der Waals surface area (Å²) in [4.78, 5) is 0. The van der Waals surface area contributed by atoms with Crippen molar-refractivity contribution in [2.75, 3.05) is 13.2 Å². The quantitative estimate of drug-likeness (QED) is 0.463. The summed E-state index contributed by atoms with van der Waals surface area (Å²) in [6, 6.07) is 0. The average molecular weight is 152 g/mol. The molecule has 54 valence electrons. The molecule has 6 heteroatoms. The maximum atomic E-state index is 10.4.